The number of nitrogens with two attached hydrogens (primary N) is 1. The number of rotatable bonds is 5. The predicted octanol–water partition coefficient (Wildman–Crippen LogP) is 0.915. The number of nitro groups is 1. The van der Waals surface area contributed by atoms with Gasteiger partial charge in [0.1, 0.15) is 4.92 Å². The van der Waals surface area contributed by atoms with Crippen LogP contribution in [0.15, 0.2) is 16.5 Å². The van der Waals surface area contributed by atoms with Gasteiger partial charge in [0, 0.05) is 6.07 Å². The van der Waals surface area contributed by atoms with E-state index in [9.17, 15) is 10.1 Å². The summed E-state index contributed by atoms with van der Waals surface area (Å²) >= 11 is 0. The summed E-state index contributed by atoms with van der Waals surface area (Å²) in [5.74, 6) is -0.164. The van der Waals surface area contributed by atoms with E-state index in [4.69, 9.17) is 14.9 Å². The van der Waals surface area contributed by atoms with Gasteiger partial charge in [-0.25, -0.2) is 0 Å². The van der Waals surface area contributed by atoms with E-state index >= 15 is 0 Å². The molecule has 1 heterocycles. The monoisotopic (exact) mass is 186 g/mol. The molecule has 1 aromatic rings. The SMILES string of the molecule is NCCCOc1ccc([N+](=O)[O-])o1. The summed E-state index contributed by atoms with van der Waals surface area (Å²) in [5, 5.41) is 10.2. The van der Waals surface area contributed by atoms with Crippen molar-refractivity contribution in [2.24, 2.45) is 5.73 Å². The van der Waals surface area contributed by atoms with E-state index < -0.39 is 4.92 Å². The lowest BCUT2D eigenvalue weighted by Gasteiger charge is -1.98. The minimum Gasteiger partial charge on any atom is -0.465 e. The van der Waals surface area contributed by atoms with Crippen molar-refractivity contribution in [2.75, 3.05) is 13.2 Å². The van der Waals surface area contributed by atoms with Gasteiger partial charge in [-0.15, -0.1) is 0 Å². The van der Waals surface area contributed by atoms with Crippen molar-refractivity contribution < 1.29 is 14.1 Å². The maximum Gasteiger partial charge on any atom is 0.436 e. The van der Waals surface area contributed by atoms with E-state index in [0.29, 0.717) is 19.6 Å². The molecule has 2 N–H and O–H groups in total. The third-order valence-electron chi connectivity index (χ3n) is 1.34. The first-order valence-corrected chi connectivity index (χ1v) is 3.81. The smallest absolute Gasteiger partial charge is 0.436 e. The molecule has 0 saturated heterocycles. The van der Waals surface area contributed by atoms with E-state index in [1.807, 2.05) is 0 Å². The molecule has 1 aromatic heterocycles. The minimum absolute atomic E-state index is 0.153. The van der Waals surface area contributed by atoms with E-state index in [1.165, 1.54) is 12.1 Å². The zero-order valence-electron chi connectivity index (χ0n) is 6.93. The van der Waals surface area contributed by atoms with E-state index in [0.717, 1.165) is 0 Å². The van der Waals surface area contributed by atoms with Crippen LogP contribution in [0.2, 0.25) is 0 Å². The molecule has 0 fully saturated rings. The fraction of sp³-hybridized carbons (Fsp3) is 0.429. The van der Waals surface area contributed by atoms with Gasteiger partial charge in [0.05, 0.1) is 12.7 Å². The highest BCUT2D eigenvalue weighted by atomic mass is 16.7. The summed E-state index contributed by atoms with van der Waals surface area (Å²) in [4.78, 5) is 9.57. The highest BCUT2D eigenvalue weighted by Crippen LogP contribution is 2.21. The van der Waals surface area contributed by atoms with Crippen LogP contribution in [0.1, 0.15) is 6.42 Å². The Morgan fingerprint density at radius 2 is 2.38 bits per heavy atom. The summed E-state index contributed by atoms with van der Waals surface area (Å²) in [5.41, 5.74) is 5.23. The van der Waals surface area contributed by atoms with Crippen molar-refractivity contribution in [1.29, 1.82) is 0 Å². The molecule has 6 nitrogen and oxygen atoms in total. The van der Waals surface area contributed by atoms with Gasteiger partial charge < -0.3 is 14.9 Å². The van der Waals surface area contributed by atoms with Crippen LogP contribution < -0.4 is 10.5 Å². The third kappa shape index (κ3) is 2.75. The lowest BCUT2D eigenvalue weighted by atomic mass is 10.5. The first kappa shape index (κ1) is 9.53. The van der Waals surface area contributed by atoms with Crippen molar-refractivity contribution in [1.82, 2.24) is 0 Å². The number of ether oxygens (including phenoxy) is 1. The molecular formula is C7H10N2O4. The van der Waals surface area contributed by atoms with Crippen molar-refractivity contribution >= 4 is 5.88 Å². The lowest BCUT2D eigenvalue weighted by molar-refractivity contribution is -0.402. The molecule has 0 radical (unpaired) electrons. The third-order valence-corrected chi connectivity index (χ3v) is 1.34. The maximum atomic E-state index is 10.2. The number of nitrogens with zero attached hydrogens (tertiary/aromatic N) is 1. The second-order valence-corrected chi connectivity index (χ2v) is 2.34. The van der Waals surface area contributed by atoms with Crippen LogP contribution in [0.3, 0.4) is 0 Å². The summed E-state index contributed by atoms with van der Waals surface area (Å²) in [7, 11) is 0. The highest BCUT2D eigenvalue weighted by Gasteiger charge is 2.11. The standard InChI is InChI=1S/C7H10N2O4/c8-4-1-5-12-7-3-2-6(13-7)9(10)11/h2-3H,1,4-5,8H2. The second kappa shape index (κ2) is 4.46. The van der Waals surface area contributed by atoms with Crippen LogP contribution in [-0.4, -0.2) is 18.1 Å². The van der Waals surface area contributed by atoms with Crippen LogP contribution in [0.25, 0.3) is 0 Å². The fourth-order valence-electron chi connectivity index (χ4n) is 0.742. The Bertz CT molecular complexity index is 284. The van der Waals surface area contributed by atoms with Gasteiger partial charge in [0.15, 0.2) is 0 Å². The molecule has 0 aliphatic carbocycles. The van der Waals surface area contributed by atoms with E-state index in [-0.39, 0.29) is 11.8 Å². The normalized spacial score (nSPS) is 9.92. The van der Waals surface area contributed by atoms with Crippen LogP contribution in [0, 0.1) is 10.1 Å². The molecule has 6 heteroatoms. The Hall–Kier alpha value is -1.56. The Labute approximate surface area is 74.4 Å². The van der Waals surface area contributed by atoms with Crippen molar-refractivity contribution in [3.05, 3.63) is 22.2 Å². The molecule has 0 saturated carbocycles. The fourth-order valence-corrected chi connectivity index (χ4v) is 0.742. The Morgan fingerprint density at radius 1 is 1.62 bits per heavy atom. The lowest BCUT2D eigenvalue weighted by Crippen LogP contribution is -2.05. The molecule has 0 spiro atoms. The molecule has 0 aromatic carbocycles. The number of hydrogen-bond acceptors (Lipinski definition) is 5. The average molecular weight is 186 g/mol. The number of furan rings is 1. The van der Waals surface area contributed by atoms with Crippen LogP contribution in [-0.2, 0) is 0 Å². The molecule has 0 amide bonds. The molecule has 0 atom stereocenters. The molecule has 72 valence electrons. The molecule has 0 aliphatic rings. The Morgan fingerprint density at radius 3 is 2.92 bits per heavy atom. The largest absolute Gasteiger partial charge is 0.465 e. The summed E-state index contributed by atoms with van der Waals surface area (Å²) < 4.78 is 9.76. The van der Waals surface area contributed by atoms with Crippen LogP contribution in [0.4, 0.5) is 5.88 Å². The topological polar surface area (TPSA) is 91.5 Å². The first-order chi connectivity index (χ1) is 6.24. The summed E-state index contributed by atoms with van der Waals surface area (Å²) in [6.45, 7) is 0.921. The van der Waals surface area contributed by atoms with Crippen LogP contribution in [0.5, 0.6) is 5.95 Å². The van der Waals surface area contributed by atoms with Gasteiger partial charge in [-0.05, 0) is 13.0 Å². The van der Waals surface area contributed by atoms with Gasteiger partial charge in [-0.2, -0.15) is 0 Å². The van der Waals surface area contributed by atoms with Gasteiger partial charge in [-0.1, -0.05) is 0 Å². The highest BCUT2D eigenvalue weighted by molar-refractivity contribution is 5.21. The average Bonchev–Trinajstić information content (AvgIpc) is 2.53. The van der Waals surface area contributed by atoms with Gasteiger partial charge in [0.25, 0.3) is 5.95 Å². The molecule has 0 unspecified atom stereocenters. The number of hydrogen-bond donors (Lipinski definition) is 1. The van der Waals surface area contributed by atoms with E-state index in [2.05, 4.69) is 0 Å². The Kier molecular flexibility index (Phi) is 3.27. The van der Waals surface area contributed by atoms with Gasteiger partial charge >= 0.3 is 5.88 Å². The summed E-state index contributed by atoms with van der Waals surface area (Å²) in [6, 6.07) is 2.66. The second-order valence-electron chi connectivity index (χ2n) is 2.34. The van der Waals surface area contributed by atoms with Crippen LogP contribution >= 0.6 is 0 Å². The predicted molar refractivity (Wildman–Crippen MR) is 44.5 cm³/mol. The first-order valence-electron chi connectivity index (χ1n) is 3.81. The molecule has 0 bridgehead atoms. The van der Waals surface area contributed by atoms with Crippen molar-refractivity contribution in [3.63, 3.8) is 0 Å². The van der Waals surface area contributed by atoms with E-state index in [1.54, 1.807) is 0 Å². The van der Waals surface area contributed by atoms with Gasteiger partial charge in [-0.3, -0.25) is 10.1 Å². The molecular weight excluding hydrogens is 176 g/mol. The Balaban J connectivity index is 2.44. The summed E-state index contributed by atoms with van der Waals surface area (Å²) in [6.07, 6.45) is 0.689. The van der Waals surface area contributed by atoms with Crippen molar-refractivity contribution in [3.8, 4) is 5.95 Å². The zero-order chi connectivity index (χ0) is 9.68. The minimum atomic E-state index is -0.615. The molecule has 13 heavy (non-hydrogen) atoms. The van der Waals surface area contributed by atoms with Crippen molar-refractivity contribution in [2.45, 2.75) is 6.42 Å². The molecule has 0 aliphatic heterocycles. The zero-order valence-corrected chi connectivity index (χ0v) is 6.93. The van der Waals surface area contributed by atoms with Gasteiger partial charge in [0.2, 0.25) is 0 Å². The molecule has 1 rings (SSSR count). The maximum absolute atomic E-state index is 10.2. The quantitative estimate of drug-likeness (QED) is 0.419.